The van der Waals surface area contributed by atoms with Crippen LogP contribution in [0.25, 0.3) is 0 Å². The number of nitrogens with zero attached hydrogens (tertiary/aromatic N) is 1. The summed E-state index contributed by atoms with van der Waals surface area (Å²) in [6.45, 7) is 0. The molecule has 1 aromatic carbocycles. The molecule has 116 valence electrons. The first-order valence-corrected chi connectivity index (χ1v) is 8.04. The molecule has 2 rings (SSSR count). The molecule has 1 atom stereocenters. The molecule has 1 saturated heterocycles. The van der Waals surface area contributed by atoms with Crippen molar-refractivity contribution in [3.8, 4) is 12.3 Å². The van der Waals surface area contributed by atoms with Gasteiger partial charge in [-0.25, -0.2) is 0 Å². The SMILES string of the molecule is C#CCCCCCC(=O)N1C(=O)CC[C@H]1Cc1ccccc1. The van der Waals surface area contributed by atoms with E-state index in [0.717, 1.165) is 38.5 Å². The Morgan fingerprint density at radius 1 is 1.23 bits per heavy atom. The lowest BCUT2D eigenvalue weighted by molar-refractivity contribution is -0.143. The number of carbonyl (C=O) groups excluding carboxylic acids is 2. The van der Waals surface area contributed by atoms with Gasteiger partial charge in [0.05, 0.1) is 0 Å². The van der Waals surface area contributed by atoms with E-state index in [2.05, 4.69) is 5.92 Å². The minimum Gasteiger partial charge on any atom is -0.279 e. The third-order valence-corrected chi connectivity index (χ3v) is 4.12. The molecule has 0 bridgehead atoms. The molecule has 22 heavy (non-hydrogen) atoms. The average Bonchev–Trinajstić information content (AvgIpc) is 2.88. The number of imide groups is 1. The molecular weight excluding hydrogens is 274 g/mol. The molecule has 0 saturated carbocycles. The van der Waals surface area contributed by atoms with Gasteiger partial charge in [0.25, 0.3) is 0 Å². The van der Waals surface area contributed by atoms with Crippen molar-refractivity contribution in [3.05, 3.63) is 35.9 Å². The Bertz CT molecular complexity index is 544. The maximum Gasteiger partial charge on any atom is 0.229 e. The molecule has 1 aliphatic rings. The summed E-state index contributed by atoms with van der Waals surface area (Å²) in [7, 11) is 0. The van der Waals surface area contributed by atoms with Gasteiger partial charge in [-0.3, -0.25) is 14.5 Å². The Kier molecular flexibility index (Phi) is 6.21. The molecule has 1 aliphatic heterocycles. The van der Waals surface area contributed by atoms with Crippen molar-refractivity contribution >= 4 is 11.8 Å². The van der Waals surface area contributed by atoms with Crippen molar-refractivity contribution in [2.24, 2.45) is 0 Å². The van der Waals surface area contributed by atoms with E-state index in [4.69, 9.17) is 6.42 Å². The molecule has 3 nitrogen and oxygen atoms in total. The van der Waals surface area contributed by atoms with Gasteiger partial charge < -0.3 is 0 Å². The second-order valence-electron chi connectivity index (χ2n) is 5.80. The van der Waals surface area contributed by atoms with Crippen molar-refractivity contribution in [3.63, 3.8) is 0 Å². The Labute approximate surface area is 132 Å². The molecule has 0 unspecified atom stereocenters. The van der Waals surface area contributed by atoms with Gasteiger partial charge in [0.1, 0.15) is 0 Å². The lowest BCUT2D eigenvalue weighted by Crippen LogP contribution is -2.39. The molecule has 0 spiro atoms. The molecule has 0 radical (unpaired) electrons. The Morgan fingerprint density at radius 2 is 2.00 bits per heavy atom. The van der Waals surface area contributed by atoms with Crippen LogP contribution in [0.2, 0.25) is 0 Å². The van der Waals surface area contributed by atoms with Gasteiger partial charge in [0.15, 0.2) is 0 Å². The van der Waals surface area contributed by atoms with E-state index < -0.39 is 0 Å². The number of carbonyl (C=O) groups is 2. The van der Waals surface area contributed by atoms with Crippen molar-refractivity contribution in [2.75, 3.05) is 0 Å². The first-order chi connectivity index (χ1) is 10.7. The van der Waals surface area contributed by atoms with E-state index in [1.807, 2.05) is 30.3 Å². The molecule has 0 aliphatic carbocycles. The zero-order valence-electron chi connectivity index (χ0n) is 13.0. The average molecular weight is 297 g/mol. The number of terminal acetylenes is 1. The number of amides is 2. The molecule has 0 N–H and O–H groups in total. The van der Waals surface area contributed by atoms with Crippen LogP contribution in [0.1, 0.15) is 50.5 Å². The van der Waals surface area contributed by atoms with Crippen LogP contribution < -0.4 is 0 Å². The number of rotatable bonds is 7. The lowest BCUT2D eigenvalue weighted by Gasteiger charge is -2.23. The fourth-order valence-electron chi connectivity index (χ4n) is 2.97. The van der Waals surface area contributed by atoms with Crippen LogP contribution in [0, 0.1) is 12.3 Å². The van der Waals surface area contributed by atoms with E-state index in [1.54, 1.807) is 0 Å². The van der Waals surface area contributed by atoms with E-state index in [1.165, 1.54) is 10.5 Å². The van der Waals surface area contributed by atoms with E-state index in [-0.39, 0.29) is 17.9 Å². The van der Waals surface area contributed by atoms with Crippen molar-refractivity contribution in [1.29, 1.82) is 0 Å². The highest BCUT2D eigenvalue weighted by Crippen LogP contribution is 2.24. The zero-order valence-corrected chi connectivity index (χ0v) is 13.0. The first-order valence-electron chi connectivity index (χ1n) is 8.04. The van der Waals surface area contributed by atoms with Gasteiger partial charge in [-0.2, -0.15) is 0 Å². The van der Waals surface area contributed by atoms with Gasteiger partial charge in [-0.1, -0.05) is 36.8 Å². The summed E-state index contributed by atoms with van der Waals surface area (Å²) in [5, 5.41) is 0. The van der Waals surface area contributed by atoms with Crippen LogP contribution >= 0.6 is 0 Å². The van der Waals surface area contributed by atoms with Gasteiger partial charge >= 0.3 is 0 Å². The van der Waals surface area contributed by atoms with E-state index >= 15 is 0 Å². The first kappa shape index (κ1) is 16.3. The number of likely N-dealkylation sites (tertiary alicyclic amines) is 1. The number of benzene rings is 1. The fourth-order valence-corrected chi connectivity index (χ4v) is 2.97. The quantitative estimate of drug-likeness (QED) is 0.572. The summed E-state index contributed by atoms with van der Waals surface area (Å²) in [6.07, 6.45) is 11.1. The Morgan fingerprint density at radius 3 is 2.73 bits per heavy atom. The largest absolute Gasteiger partial charge is 0.279 e. The molecule has 2 amide bonds. The second kappa shape index (κ2) is 8.38. The summed E-state index contributed by atoms with van der Waals surface area (Å²) >= 11 is 0. The summed E-state index contributed by atoms with van der Waals surface area (Å²) in [5.74, 6) is 2.56. The summed E-state index contributed by atoms with van der Waals surface area (Å²) in [5.41, 5.74) is 1.18. The Balaban J connectivity index is 1.87. The topological polar surface area (TPSA) is 37.4 Å². The van der Waals surface area contributed by atoms with E-state index in [9.17, 15) is 9.59 Å². The predicted molar refractivity (Wildman–Crippen MR) is 86.9 cm³/mol. The standard InChI is InChI=1S/C19H23NO2/c1-2-3-4-5-9-12-18(21)20-17(13-14-19(20)22)15-16-10-7-6-8-11-16/h1,6-8,10-11,17H,3-5,9,12-15H2/t17-/m0/s1. The van der Waals surface area contributed by atoms with Crippen LogP contribution in [0.4, 0.5) is 0 Å². The minimum absolute atomic E-state index is 0.0189. The van der Waals surface area contributed by atoms with Crippen molar-refractivity contribution < 1.29 is 9.59 Å². The maximum absolute atomic E-state index is 12.4. The molecule has 3 heteroatoms. The van der Waals surface area contributed by atoms with Crippen molar-refractivity contribution in [1.82, 2.24) is 4.90 Å². The second-order valence-corrected chi connectivity index (χ2v) is 5.80. The monoisotopic (exact) mass is 297 g/mol. The predicted octanol–water partition coefficient (Wildman–Crippen LogP) is 3.33. The highest BCUT2D eigenvalue weighted by Gasteiger charge is 2.35. The normalized spacial score (nSPS) is 17.5. The van der Waals surface area contributed by atoms with Gasteiger partial charge in [0.2, 0.25) is 11.8 Å². The Hall–Kier alpha value is -2.08. The van der Waals surface area contributed by atoms with Crippen LogP contribution in [0.15, 0.2) is 30.3 Å². The highest BCUT2D eigenvalue weighted by molar-refractivity contribution is 5.97. The number of unbranched alkanes of at least 4 members (excludes halogenated alkanes) is 3. The zero-order chi connectivity index (χ0) is 15.8. The third-order valence-electron chi connectivity index (χ3n) is 4.12. The summed E-state index contributed by atoms with van der Waals surface area (Å²) in [4.78, 5) is 25.9. The smallest absolute Gasteiger partial charge is 0.229 e. The summed E-state index contributed by atoms with van der Waals surface area (Å²) in [6, 6.07) is 10.1. The van der Waals surface area contributed by atoms with Gasteiger partial charge in [-0.05, 0) is 31.2 Å². The number of hydrogen-bond donors (Lipinski definition) is 0. The van der Waals surface area contributed by atoms with Crippen LogP contribution in [-0.4, -0.2) is 22.8 Å². The fraction of sp³-hybridized carbons (Fsp3) is 0.474. The molecular formula is C19H23NO2. The van der Waals surface area contributed by atoms with Crippen molar-refractivity contribution in [2.45, 2.75) is 57.4 Å². The number of hydrogen-bond acceptors (Lipinski definition) is 2. The third kappa shape index (κ3) is 4.46. The van der Waals surface area contributed by atoms with E-state index in [0.29, 0.717) is 12.8 Å². The molecule has 1 fully saturated rings. The van der Waals surface area contributed by atoms with Crippen LogP contribution in [0.3, 0.4) is 0 Å². The van der Waals surface area contributed by atoms with Crippen LogP contribution in [-0.2, 0) is 16.0 Å². The van der Waals surface area contributed by atoms with Crippen LogP contribution in [0.5, 0.6) is 0 Å². The highest BCUT2D eigenvalue weighted by atomic mass is 16.2. The maximum atomic E-state index is 12.4. The summed E-state index contributed by atoms with van der Waals surface area (Å²) < 4.78 is 0. The molecule has 1 aromatic rings. The van der Waals surface area contributed by atoms with Gasteiger partial charge in [0, 0.05) is 25.3 Å². The minimum atomic E-state index is -0.0239. The molecule has 1 heterocycles. The molecule has 0 aromatic heterocycles. The van der Waals surface area contributed by atoms with Gasteiger partial charge in [-0.15, -0.1) is 12.3 Å². The lowest BCUT2D eigenvalue weighted by atomic mass is 10.0.